The van der Waals surface area contributed by atoms with Gasteiger partial charge in [-0.2, -0.15) is 0 Å². The summed E-state index contributed by atoms with van der Waals surface area (Å²) in [7, 11) is 0. The molecule has 1 aromatic carbocycles. The van der Waals surface area contributed by atoms with Crippen molar-refractivity contribution in [1.82, 2.24) is 10.6 Å². The first-order valence-electron chi connectivity index (χ1n) is 5.92. The smallest absolute Gasteiger partial charge is 0.239 e. The van der Waals surface area contributed by atoms with Crippen molar-refractivity contribution in [3.63, 3.8) is 0 Å². The first-order valence-corrected chi connectivity index (χ1v) is 5.92. The summed E-state index contributed by atoms with van der Waals surface area (Å²) in [6.45, 7) is 1.79. The molecule has 98 valence electrons. The lowest BCUT2D eigenvalue weighted by Crippen LogP contribution is -2.43. The molecule has 0 unspecified atom stereocenters. The van der Waals surface area contributed by atoms with Crippen molar-refractivity contribution in [1.29, 1.82) is 0 Å². The fraction of sp³-hybridized carbons (Fsp3) is 0.385. The number of hydrogen-bond acceptors (Lipinski definition) is 3. The highest BCUT2D eigenvalue weighted by molar-refractivity contribution is 5.85. The summed E-state index contributed by atoms with van der Waals surface area (Å²) >= 11 is 0. The highest BCUT2D eigenvalue weighted by Crippen LogP contribution is 2.02. The zero-order valence-corrected chi connectivity index (χ0v) is 10.5. The summed E-state index contributed by atoms with van der Waals surface area (Å²) in [5.41, 5.74) is 6.28. The maximum atomic E-state index is 11.5. The molecule has 2 amide bonds. The van der Waals surface area contributed by atoms with Gasteiger partial charge in [0.2, 0.25) is 11.8 Å². The van der Waals surface area contributed by atoms with Crippen molar-refractivity contribution in [3.05, 3.63) is 35.9 Å². The summed E-state index contributed by atoms with van der Waals surface area (Å²) in [6.07, 6.45) is 0.761. The van der Waals surface area contributed by atoms with Crippen molar-refractivity contribution < 1.29 is 9.59 Å². The van der Waals surface area contributed by atoms with Crippen molar-refractivity contribution in [2.75, 3.05) is 13.1 Å². The van der Waals surface area contributed by atoms with E-state index in [9.17, 15) is 9.59 Å². The predicted octanol–water partition coefficient (Wildman–Crippen LogP) is -0.191. The Morgan fingerprint density at radius 1 is 1.22 bits per heavy atom. The lowest BCUT2D eigenvalue weighted by Gasteiger charge is -2.14. The molecule has 0 fully saturated rings. The average Bonchev–Trinajstić information content (AvgIpc) is 2.37. The third-order valence-electron chi connectivity index (χ3n) is 2.42. The van der Waals surface area contributed by atoms with Gasteiger partial charge in [0.05, 0.1) is 13.1 Å². The molecular formula is C13H19N3O2. The minimum absolute atomic E-state index is 0.0229. The minimum Gasteiger partial charge on any atom is -0.352 e. The molecule has 0 aliphatic heterocycles. The normalized spacial score (nSPS) is 11.7. The van der Waals surface area contributed by atoms with E-state index >= 15 is 0 Å². The van der Waals surface area contributed by atoms with Gasteiger partial charge in [0.25, 0.3) is 0 Å². The molecular weight excluding hydrogens is 230 g/mol. The Hall–Kier alpha value is -1.88. The van der Waals surface area contributed by atoms with Crippen molar-refractivity contribution in [2.24, 2.45) is 5.73 Å². The summed E-state index contributed by atoms with van der Waals surface area (Å²) in [5, 5.41) is 5.24. The second-order valence-electron chi connectivity index (χ2n) is 4.14. The third-order valence-corrected chi connectivity index (χ3v) is 2.42. The van der Waals surface area contributed by atoms with Gasteiger partial charge in [-0.3, -0.25) is 9.59 Å². The SMILES string of the molecule is C[C@@H](Cc1ccccc1)NC(=O)CNC(=O)CN. The van der Waals surface area contributed by atoms with Gasteiger partial charge in [-0.1, -0.05) is 30.3 Å². The van der Waals surface area contributed by atoms with Crippen LogP contribution in [-0.2, 0) is 16.0 Å². The van der Waals surface area contributed by atoms with E-state index in [1.165, 1.54) is 0 Å². The lowest BCUT2D eigenvalue weighted by molar-refractivity contribution is -0.125. The van der Waals surface area contributed by atoms with Crippen LogP contribution in [-0.4, -0.2) is 30.9 Å². The molecule has 1 atom stereocenters. The highest BCUT2D eigenvalue weighted by atomic mass is 16.2. The standard InChI is InChI=1S/C13H19N3O2/c1-10(7-11-5-3-2-4-6-11)16-13(18)9-15-12(17)8-14/h2-6,10H,7-9,14H2,1H3,(H,15,17)(H,16,18)/t10-/m0/s1. The maximum Gasteiger partial charge on any atom is 0.239 e. The van der Waals surface area contributed by atoms with Crippen LogP contribution in [0.5, 0.6) is 0 Å². The molecule has 18 heavy (non-hydrogen) atoms. The summed E-state index contributed by atoms with van der Waals surface area (Å²) < 4.78 is 0. The van der Waals surface area contributed by atoms with E-state index in [1.807, 2.05) is 37.3 Å². The lowest BCUT2D eigenvalue weighted by atomic mass is 10.1. The molecule has 0 aliphatic carbocycles. The van der Waals surface area contributed by atoms with Gasteiger partial charge in [0, 0.05) is 6.04 Å². The van der Waals surface area contributed by atoms with Crippen LogP contribution in [0.3, 0.4) is 0 Å². The fourth-order valence-electron chi connectivity index (χ4n) is 1.60. The Bertz CT molecular complexity index is 392. The molecule has 0 saturated carbocycles. The first kappa shape index (κ1) is 14.2. The molecule has 0 radical (unpaired) electrons. The molecule has 4 N–H and O–H groups in total. The zero-order valence-electron chi connectivity index (χ0n) is 10.5. The number of benzene rings is 1. The van der Waals surface area contributed by atoms with E-state index in [1.54, 1.807) is 0 Å². The molecule has 0 aliphatic rings. The van der Waals surface area contributed by atoms with E-state index in [-0.39, 0.29) is 30.9 Å². The summed E-state index contributed by atoms with van der Waals surface area (Å²) in [6, 6.07) is 9.93. The molecule has 1 aromatic rings. The van der Waals surface area contributed by atoms with Gasteiger partial charge >= 0.3 is 0 Å². The Balaban J connectivity index is 2.29. The van der Waals surface area contributed by atoms with E-state index in [4.69, 9.17) is 5.73 Å². The van der Waals surface area contributed by atoms with Crippen LogP contribution in [0, 0.1) is 0 Å². The van der Waals surface area contributed by atoms with Gasteiger partial charge in [0.15, 0.2) is 0 Å². The number of amides is 2. The molecule has 5 nitrogen and oxygen atoms in total. The van der Waals surface area contributed by atoms with Crippen molar-refractivity contribution in [3.8, 4) is 0 Å². The van der Waals surface area contributed by atoms with Crippen molar-refractivity contribution in [2.45, 2.75) is 19.4 Å². The molecule has 0 bridgehead atoms. The Morgan fingerprint density at radius 3 is 2.50 bits per heavy atom. The monoisotopic (exact) mass is 249 g/mol. The molecule has 1 rings (SSSR count). The average molecular weight is 249 g/mol. The van der Waals surface area contributed by atoms with Gasteiger partial charge in [0.1, 0.15) is 0 Å². The predicted molar refractivity (Wildman–Crippen MR) is 69.8 cm³/mol. The number of rotatable bonds is 6. The highest BCUT2D eigenvalue weighted by Gasteiger charge is 2.08. The van der Waals surface area contributed by atoms with Crippen LogP contribution in [0.15, 0.2) is 30.3 Å². The minimum atomic E-state index is -0.333. The van der Waals surface area contributed by atoms with E-state index < -0.39 is 0 Å². The van der Waals surface area contributed by atoms with Crippen LogP contribution in [0.1, 0.15) is 12.5 Å². The van der Waals surface area contributed by atoms with E-state index in [2.05, 4.69) is 10.6 Å². The molecule has 0 aromatic heterocycles. The Labute approximate surface area is 107 Å². The fourth-order valence-corrected chi connectivity index (χ4v) is 1.60. The second kappa shape index (κ2) is 7.45. The molecule has 5 heteroatoms. The maximum absolute atomic E-state index is 11.5. The third kappa shape index (κ3) is 5.45. The number of carbonyl (C=O) groups excluding carboxylic acids is 2. The Kier molecular flexibility index (Phi) is 5.87. The van der Waals surface area contributed by atoms with Gasteiger partial charge in [-0.05, 0) is 18.9 Å². The summed E-state index contributed by atoms with van der Waals surface area (Å²) in [4.78, 5) is 22.4. The number of carbonyl (C=O) groups is 2. The number of nitrogens with one attached hydrogen (secondary N) is 2. The zero-order chi connectivity index (χ0) is 13.4. The van der Waals surface area contributed by atoms with E-state index in [0.29, 0.717) is 0 Å². The molecule has 0 spiro atoms. The molecule has 0 saturated heterocycles. The molecule has 0 heterocycles. The number of nitrogens with two attached hydrogens (primary N) is 1. The Morgan fingerprint density at radius 2 is 1.89 bits per heavy atom. The van der Waals surface area contributed by atoms with Crippen LogP contribution in [0.4, 0.5) is 0 Å². The van der Waals surface area contributed by atoms with Crippen LogP contribution in [0.25, 0.3) is 0 Å². The van der Waals surface area contributed by atoms with Crippen LogP contribution in [0.2, 0.25) is 0 Å². The second-order valence-corrected chi connectivity index (χ2v) is 4.14. The summed E-state index contributed by atoms with van der Waals surface area (Å²) in [5.74, 6) is -0.541. The van der Waals surface area contributed by atoms with Crippen LogP contribution >= 0.6 is 0 Å². The quantitative estimate of drug-likeness (QED) is 0.653. The van der Waals surface area contributed by atoms with Crippen LogP contribution < -0.4 is 16.4 Å². The van der Waals surface area contributed by atoms with E-state index in [0.717, 1.165) is 12.0 Å². The topological polar surface area (TPSA) is 84.2 Å². The first-order chi connectivity index (χ1) is 8.61. The van der Waals surface area contributed by atoms with Gasteiger partial charge in [-0.25, -0.2) is 0 Å². The van der Waals surface area contributed by atoms with Crippen molar-refractivity contribution >= 4 is 11.8 Å². The van der Waals surface area contributed by atoms with Gasteiger partial charge in [-0.15, -0.1) is 0 Å². The largest absolute Gasteiger partial charge is 0.352 e. The number of hydrogen-bond donors (Lipinski definition) is 3. The van der Waals surface area contributed by atoms with Gasteiger partial charge < -0.3 is 16.4 Å².